The number of aryl methyl sites for hydroxylation is 1. The minimum absolute atomic E-state index is 0.0177. The summed E-state index contributed by atoms with van der Waals surface area (Å²) in [5.41, 5.74) is 3.89. The van der Waals surface area contributed by atoms with E-state index >= 15 is 0 Å². The summed E-state index contributed by atoms with van der Waals surface area (Å²) in [5.74, 6) is -0.208. The lowest BCUT2D eigenvalue weighted by molar-refractivity contribution is 0.0984. The number of anilines is 2. The highest BCUT2D eigenvalue weighted by Gasteiger charge is 2.24. The molecular weight excluding hydrogens is 416 g/mol. The monoisotopic (exact) mass is 434 g/mol. The summed E-state index contributed by atoms with van der Waals surface area (Å²) in [5, 5.41) is 2.94. The van der Waals surface area contributed by atoms with E-state index in [9.17, 15) is 9.59 Å². The van der Waals surface area contributed by atoms with Gasteiger partial charge < -0.3 is 10.2 Å². The van der Waals surface area contributed by atoms with E-state index in [4.69, 9.17) is 0 Å². The molecular formula is C23H19BrN2O2. The fourth-order valence-electron chi connectivity index (χ4n) is 3.44. The van der Waals surface area contributed by atoms with Crippen LogP contribution in [-0.4, -0.2) is 18.4 Å². The number of carbonyl (C=O) groups excluding carboxylic acids is 2. The van der Waals surface area contributed by atoms with Crippen molar-refractivity contribution in [2.45, 2.75) is 12.8 Å². The Morgan fingerprint density at radius 2 is 1.68 bits per heavy atom. The largest absolute Gasteiger partial charge is 0.322 e. The Balaban J connectivity index is 1.62. The Kier molecular flexibility index (Phi) is 5.26. The van der Waals surface area contributed by atoms with E-state index in [-0.39, 0.29) is 11.8 Å². The molecule has 0 atom stereocenters. The third kappa shape index (κ3) is 3.71. The number of amides is 2. The molecule has 4 nitrogen and oxygen atoms in total. The summed E-state index contributed by atoms with van der Waals surface area (Å²) >= 11 is 3.41. The van der Waals surface area contributed by atoms with Crippen LogP contribution in [0.4, 0.5) is 11.4 Å². The second kappa shape index (κ2) is 7.98. The van der Waals surface area contributed by atoms with Crippen molar-refractivity contribution in [1.82, 2.24) is 0 Å². The second-order valence-electron chi connectivity index (χ2n) is 6.70. The summed E-state index contributed by atoms with van der Waals surface area (Å²) in [4.78, 5) is 27.4. The summed E-state index contributed by atoms with van der Waals surface area (Å²) in [6, 6.07) is 22.4. The summed E-state index contributed by atoms with van der Waals surface area (Å²) in [7, 11) is 0. The molecule has 0 radical (unpaired) electrons. The first-order chi connectivity index (χ1) is 13.6. The maximum atomic E-state index is 13.0. The number of nitrogens with one attached hydrogen (secondary N) is 1. The van der Waals surface area contributed by atoms with Gasteiger partial charge >= 0.3 is 0 Å². The zero-order chi connectivity index (χ0) is 19.5. The molecule has 0 saturated carbocycles. The Hall–Kier alpha value is -2.92. The van der Waals surface area contributed by atoms with E-state index in [0.29, 0.717) is 23.4 Å². The number of hydrogen-bond donors (Lipinski definition) is 1. The average molecular weight is 435 g/mol. The zero-order valence-electron chi connectivity index (χ0n) is 15.2. The molecule has 4 rings (SSSR count). The first-order valence-electron chi connectivity index (χ1n) is 9.19. The molecule has 0 aromatic heterocycles. The zero-order valence-corrected chi connectivity index (χ0v) is 16.8. The van der Waals surface area contributed by atoms with Gasteiger partial charge in [0.25, 0.3) is 11.8 Å². The molecule has 2 amide bonds. The Morgan fingerprint density at radius 3 is 2.46 bits per heavy atom. The van der Waals surface area contributed by atoms with Crippen LogP contribution in [0.25, 0.3) is 0 Å². The Labute approximate surface area is 172 Å². The van der Waals surface area contributed by atoms with Crippen LogP contribution in [0.1, 0.15) is 32.7 Å². The highest BCUT2D eigenvalue weighted by Crippen LogP contribution is 2.31. The predicted molar refractivity (Wildman–Crippen MR) is 115 cm³/mol. The predicted octanol–water partition coefficient (Wildman–Crippen LogP) is 5.29. The number of carbonyl (C=O) groups is 2. The van der Waals surface area contributed by atoms with Crippen LogP contribution in [0.15, 0.2) is 77.3 Å². The molecule has 0 fully saturated rings. The number of rotatable bonds is 3. The van der Waals surface area contributed by atoms with Gasteiger partial charge in [-0.3, -0.25) is 9.59 Å². The summed E-state index contributed by atoms with van der Waals surface area (Å²) in [6.07, 6.45) is 1.85. The van der Waals surface area contributed by atoms with Gasteiger partial charge in [0, 0.05) is 28.0 Å². The minimum Gasteiger partial charge on any atom is -0.322 e. The lowest BCUT2D eigenvalue weighted by Gasteiger charge is -2.30. The van der Waals surface area contributed by atoms with Crippen molar-refractivity contribution < 1.29 is 9.59 Å². The van der Waals surface area contributed by atoms with Crippen molar-refractivity contribution in [2.75, 3.05) is 16.8 Å². The van der Waals surface area contributed by atoms with E-state index in [1.165, 1.54) is 0 Å². The molecule has 3 aromatic rings. The molecule has 1 N–H and O–H groups in total. The first-order valence-corrected chi connectivity index (χ1v) is 9.98. The van der Waals surface area contributed by atoms with Gasteiger partial charge in [-0.25, -0.2) is 0 Å². The van der Waals surface area contributed by atoms with Crippen LogP contribution < -0.4 is 10.2 Å². The van der Waals surface area contributed by atoms with Gasteiger partial charge in [-0.1, -0.05) is 36.4 Å². The number of nitrogens with zero attached hydrogens (tertiary/aromatic N) is 1. The van der Waals surface area contributed by atoms with Crippen LogP contribution in [0.5, 0.6) is 0 Å². The van der Waals surface area contributed by atoms with Crippen LogP contribution in [0.2, 0.25) is 0 Å². The second-order valence-corrected chi connectivity index (χ2v) is 7.56. The first kappa shape index (κ1) is 18.4. The molecule has 1 heterocycles. The molecule has 0 saturated heterocycles. The van der Waals surface area contributed by atoms with E-state index < -0.39 is 0 Å². The number of fused-ring (bicyclic) bond motifs is 1. The number of hydrogen-bond acceptors (Lipinski definition) is 2. The van der Waals surface area contributed by atoms with Gasteiger partial charge in [-0.15, -0.1) is 0 Å². The van der Waals surface area contributed by atoms with Gasteiger partial charge in [0.2, 0.25) is 0 Å². The highest BCUT2D eigenvalue weighted by molar-refractivity contribution is 9.10. The fourth-order valence-corrected chi connectivity index (χ4v) is 3.91. The van der Waals surface area contributed by atoms with Crippen molar-refractivity contribution in [3.63, 3.8) is 0 Å². The van der Waals surface area contributed by atoms with Crippen LogP contribution in [0.3, 0.4) is 0 Å². The molecule has 28 heavy (non-hydrogen) atoms. The maximum Gasteiger partial charge on any atom is 0.258 e. The van der Waals surface area contributed by atoms with Crippen molar-refractivity contribution in [2.24, 2.45) is 0 Å². The Bertz CT molecular complexity index is 1030. The molecule has 3 aromatic carbocycles. The van der Waals surface area contributed by atoms with Gasteiger partial charge in [-0.05, 0) is 70.7 Å². The van der Waals surface area contributed by atoms with Crippen molar-refractivity contribution in [3.05, 3.63) is 94.0 Å². The third-order valence-electron chi connectivity index (χ3n) is 4.85. The molecule has 140 valence electrons. The third-order valence-corrected chi connectivity index (χ3v) is 5.54. The molecule has 0 bridgehead atoms. The SMILES string of the molecule is O=C(Nc1ccc2c(c1)N(C(=O)c1ccccc1)CCC2)c1ccccc1Br. The highest BCUT2D eigenvalue weighted by atomic mass is 79.9. The van der Waals surface area contributed by atoms with E-state index in [1.54, 1.807) is 6.07 Å². The smallest absolute Gasteiger partial charge is 0.258 e. The summed E-state index contributed by atoms with van der Waals surface area (Å²) < 4.78 is 0.742. The Morgan fingerprint density at radius 1 is 0.929 bits per heavy atom. The van der Waals surface area contributed by atoms with Crippen LogP contribution >= 0.6 is 15.9 Å². The number of halogens is 1. The van der Waals surface area contributed by atoms with Crippen molar-refractivity contribution in [3.8, 4) is 0 Å². The summed E-state index contributed by atoms with van der Waals surface area (Å²) in [6.45, 7) is 0.669. The average Bonchev–Trinajstić information content (AvgIpc) is 2.73. The fraction of sp³-hybridized carbons (Fsp3) is 0.130. The molecule has 1 aliphatic heterocycles. The molecule has 0 spiro atoms. The normalized spacial score (nSPS) is 13.0. The van der Waals surface area contributed by atoms with Gasteiger partial charge in [0.1, 0.15) is 0 Å². The van der Waals surface area contributed by atoms with E-state index in [0.717, 1.165) is 28.6 Å². The van der Waals surface area contributed by atoms with E-state index in [2.05, 4.69) is 21.2 Å². The van der Waals surface area contributed by atoms with Crippen molar-refractivity contribution >= 4 is 39.1 Å². The lowest BCUT2D eigenvalue weighted by atomic mass is 10.00. The molecule has 0 aliphatic carbocycles. The van der Waals surface area contributed by atoms with E-state index in [1.807, 2.05) is 71.6 Å². The quantitative estimate of drug-likeness (QED) is 0.608. The lowest BCUT2D eigenvalue weighted by Crippen LogP contribution is -2.35. The van der Waals surface area contributed by atoms with Gasteiger partial charge in [-0.2, -0.15) is 0 Å². The van der Waals surface area contributed by atoms with Crippen LogP contribution in [0, 0.1) is 0 Å². The van der Waals surface area contributed by atoms with Crippen LogP contribution in [-0.2, 0) is 6.42 Å². The molecule has 1 aliphatic rings. The molecule has 0 unspecified atom stereocenters. The molecule has 5 heteroatoms. The number of benzene rings is 3. The minimum atomic E-state index is -0.191. The van der Waals surface area contributed by atoms with Crippen molar-refractivity contribution in [1.29, 1.82) is 0 Å². The topological polar surface area (TPSA) is 49.4 Å². The van der Waals surface area contributed by atoms with Gasteiger partial charge in [0.15, 0.2) is 0 Å². The standard InChI is InChI=1S/C23H19BrN2O2/c24-20-11-5-4-10-19(20)22(27)25-18-13-12-16-9-6-14-26(21(16)15-18)23(28)17-7-2-1-3-8-17/h1-5,7-8,10-13,15H,6,9,14H2,(H,25,27). The maximum absolute atomic E-state index is 13.0. The van der Waals surface area contributed by atoms with Gasteiger partial charge in [0.05, 0.1) is 5.56 Å².